The summed E-state index contributed by atoms with van der Waals surface area (Å²) in [7, 11) is 0. The lowest BCUT2D eigenvalue weighted by atomic mass is 9.92. The van der Waals surface area contributed by atoms with Crippen LogP contribution < -0.4 is 22.1 Å². The second-order valence-electron chi connectivity index (χ2n) is 11.2. The molecule has 6 rings (SSSR count). The minimum atomic E-state index is -0.831. The third kappa shape index (κ3) is 5.57. The highest BCUT2D eigenvalue weighted by molar-refractivity contribution is 5.90. The van der Waals surface area contributed by atoms with Gasteiger partial charge in [-0.25, -0.2) is 14.6 Å². The zero-order valence-corrected chi connectivity index (χ0v) is 24.3. The van der Waals surface area contributed by atoms with Gasteiger partial charge in [-0.2, -0.15) is 0 Å². The number of rotatable bonds is 7. The molecule has 1 aliphatic rings. The Morgan fingerprint density at radius 3 is 2.53 bits per heavy atom. The molecule has 3 aromatic heterocycles. The predicted octanol–water partition coefficient (Wildman–Crippen LogP) is 3.93. The van der Waals surface area contributed by atoms with Crippen molar-refractivity contribution in [2.24, 2.45) is 0 Å². The van der Waals surface area contributed by atoms with Gasteiger partial charge >= 0.3 is 11.7 Å². The van der Waals surface area contributed by atoms with Crippen molar-refractivity contribution in [3.63, 3.8) is 0 Å². The number of aromatic amines is 2. The molecule has 4 heterocycles. The molecule has 5 aromatic rings. The molecule has 3 amide bonds. The number of pyridine rings is 1. The Morgan fingerprint density at radius 2 is 1.77 bits per heavy atom. The Bertz CT molecular complexity index is 1850. The number of carbonyl (C=O) groups is 2. The number of likely N-dealkylation sites (tertiary alicyclic amines) is 1. The highest BCUT2D eigenvalue weighted by atomic mass is 16.2. The van der Waals surface area contributed by atoms with Gasteiger partial charge in [0.1, 0.15) is 11.9 Å². The van der Waals surface area contributed by atoms with Crippen molar-refractivity contribution in [3.8, 4) is 0 Å². The summed E-state index contributed by atoms with van der Waals surface area (Å²) in [6.07, 6.45) is 3.17. The van der Waals surface area contributed by atoms with Gasteiger partial charge in [-0.3, -0.25) is 9.36 Å². The van der Waals surface area contributed by atoms with Crippen molar-refractivity contribution >= 4 is 39.7 Å². The molecule has 2 atom stereocenters. The van der Waals surface area contributed by atoms with Crippen LogP contribution in [0.5, 0.6) is 0 Å². The van der Waals surface area contributed by atoms with E-state index >= 15 is 0 Å². The molecule has 0 aliphatic carbocycles. The molecule has 1 aliphatic heterocycles. The van der Waals surface area contributed by atoms with E-state index in [0.29, 0.717) is 31.7 Å². The number of aryl methyl sites for hydroxylation is 1. The average molecular weight is 581 g/mol. The van der Waals surface area contributed by atoms with Crippen LogP contribution in [0.15, 0.2) is 71.7 Å². The summed E-state index contributed by atoms with van der Waals surface area (Å²) in [6, 6.07) is 17.9. The molecular formula is C32H36N8O3. The molecule has 0 bridgehead atoms. The second-order valence-corrected chi connectivity index (χ2v) is 11.2. The number of aromatic nitrogens is 4. The van der Waals surface area contributed by atoms with E-state index in [1.54, 1.807) is 15.5 Å². The summed E-state index contributed by atoms with van der Waals surface area (Å²) in [6.45, 7) is 4.99. The molecule has 0 saturated carbocycles. The van der Waals surface area contributed by atoms with Crippen molar-refractivity contribution in [1.29, 1.82) is 0 Å². The van der Waals surface area contributed by atoms with Gasteiger partial charge in [0.2, 0.25) is 5.91 Å². The fourth-order valence-electron chi connectivity index (χ4n) is 6.14. The Labute approximate surface area is 248 Å². The molecule has 0 unspecified atom stereocenters. The fraction of sp³-hybridized carbons (Fsp3) is 0.312. The number of hydrogen-bond acceptors (Lipinski definition) is 5. The van der Waals surface area contributed by atoms with Crippen LogP contribution in [0.25, 0.3) is 21.9 Å². The number of fused-ring (bicyclic) bond motifs is 2. The van der Waals surface area contributed by atoms with Crippen LogP contribution in [-0.2, 0) is 11.3 Å². The van der Waals surface area contributed by atoms with Crippen LogP contribution in [0.1, 0.15) is 48.5 Å². The van der Waals surface area contributed by atoms with Gasteiger partial charge in [0.25, 0.3) is 0 Å². The van der Waals surface area contributed by atoms with Crippen LogP contribution in [-0.4, -0.2) is 55.5 Å². The Morgan fingerprint density at radius 1 is 1.05 bits per heavy atom. The largest absolute Gasteiger partial charge is 0.384 e. The first-order valence-corrected chi connectivity index (χ1v) is 14.6. The average Bonchev–Trinajstić information content (AvgIpc) is 3.59. The molecule has 2 aromatic carbocycles. The van der Waals surface area contributed by atoms with Gasteiger partial charge in [0.05, 0.1) is 11.0 Å². The number of para-hydroxylation sites is 3. The number of nitrogens with one attached hydrogen (secondary N) is 4. The number of benzene rings is 2. The molecule has 11 nitrogen and oxygen atoms in total. The van der Waals surface area contributed by atoms with E-state index in [-0.39, 0.29) is 36.1 Å². The molecular weight excluding hydrogens is 544 g/mol. The minimum absolute atomic E-state index is 0.0197. The zero-order chi connectivity index (χ0) is 30.1. The van der Waals surface area contributed by atoms with E-state index in [4.69, 9.17) is 5.73 Å². The number of piperidine rings is 1. The summed E-state index contributed by atoms with van der Waals surface area (Å²) in [5.41, 5.74) is 10.8. The number of amides is 3. The van der Waals surface area contributed by atoms with Gasteiger partial charge < -0.3 is 31.2 Å². The Balaban J connectivity index is 1.18. The van der Waals surface area contributed by atoms with E-state index in [1.807, 2.05) is 74.6 Å². The minimum Gasteiger partial charge on any atom is -0.384 e. The first kappa shape index (κ1) is 28.1. The third-order valence-corrected chi connectivity index (χ3v) is 8.58. The second kappa shape index (κ2) is 11.7. The van der Waals surface area contributed by atoms with Crippen LogP contribution >= 0.6 is 0 Å². The van der Waals surface area contributed by atoms with E-state index in [9.17, 15) is 14.4 Å². The molecule has 11 heteroatoms. The van der Waals surface area contributed by atoms with E-state index in [1.165, 1.54) is 0 Å². The maximum Gasteiger partial charge on any atom is 0.326 e. The van der Waals surface area contributed by atoms with Crippen LogP contribution in [0.3, 0.4) is 0 Å². The maximum absolute atomic E-state index is 13.7. The van der Waals surface area contributed by atoms with Crippen molar-refractivity contribution in [1.82, 2.24) is 35.1 Å². The van der Waals surface area contributed by atoms with Gasteiger partial charge in [-0.15, -0.1) is 0 Å². The summed E-state index contributed by atoms with van der Waals surface area (Å²) in [4.78, 5) is 52.3. The van der Waals surface area contributed by atoms with Gasteiger partial charge in [-0.05, 0) is 55.2 Å². The summed E-state index contributed by atoms with van der Waals surface area (Å²) < 4.78 is 1.80. The van der Waals surface area contributed by atoms with Crippen LogP contribution in [0, 0.1) is 6.92 Å². The fourth-order valence-corrected chi connectivity index (χ4v) is 6.14. The zero-order valence-electron chi connectivity index (χ0n) is 24.3. The maximum atomic E-state index is 13.7. The highest BCUT2D eigenvalue weighted by Gasteiger charge is 2.33. The molecule has 6 N–H and O–H groups in total. The number of imidazole rings is 1. The number of nitrogens with zero attached hydrogens (tertiary/aromatic N) is 3. The van der Waals surface area contributed by atoms with Crippen molar-refractivity contribution in [2.75, 3.05) is 18.8 Å². The third-order valence-electron chi connectivity index (χ3n) is 8.58. The van der Waals surface area contributed by atoms with Crippen molar-refractivity contribution < 1.29 is 9.59 Å². The summed E-state index contributed by atoms with van der Waals surface area (Å²) in [5.74, 6) is -0.195. The topological polar surface area (TPSA) is 154 Å². The number of urea groups is 1. The van der Waals surface area contributed by atoms with Gasteiger partial charge in [0, 0.05) is 54.4 Å². The molecule has 0 spiro atoms. The standard InChI is InChI=1S/C32H36N8O3/c1-19(24-18-34-25-8-4-3-7-23(24)25)29(30(41)35-17-21-11-12-28(33)36-20(21)2)38-31(42)39-15-13-22(14-16-39)40-27-10-6-5-9-26(27)37-32(40)43/h3-12,18-19,22,29,34H,13-17H2,1-2H3,(H2,33,36)(H,35,41)(H,37,43)(H,38,42)/t19-,29+/m0/s1. The normalized spacial score (nSPS) is 15.4. The number of nitrogens with two attached hydrogens (primary N) is 1. The number of anilines is 1. The number of carbonyl (C=O) groups excluding carboxylic acids is 2. The lowest BCUT2D eigenvalue weighted by molar-refractivity contribution is -0.123. The highest BCUT2D eigenvalue weighted by Crippen LogP contribution is 2.29. The molecule has 1 saturated heterocycles. The Kier molecular flexibility index (Phi) is 7.62. The van der Waals surface area contributed by atoms with E-state index in [2.05, 4.69) is 25.6 Å². The van der Waals surface area contributed by atoms with Crippen LogP contribution in [0.2, 0.25) is 0 Å². The number of nitrogen functional groups attached to an aromatic ring is 1. The van der Waals surface area contributed by atoms with Crippen LogP contribution in [0.4, 0.5) is 10.6 Å². The smallest absolute Gasteiger partial charge is 0.326 e. The summed E-state index contributed by atoms with van der Waals surface area (Å²) in [5, 5.41) is 7.05. The summed E-state index contributed by atoms with van der Waals surface area (Å²) >= 11 is 0. The lowest BCUT2D eigenvalue weighted by Crippen LogP contribution is -2.54. The Hall–Kier alpha value is -5.06. The first-order chi connectivity index (χ1) is 20.8. The van der Waals surface area contributed by atoms with E-state index in [0.717, 1.165) is 38.8 Å². The molecule has 0 radical (unpaired) electrons. The van der Waals surface area contributed by atoms with Gasteiger partial charge in [0.15, 0.2) is 0 Å². The molecule has 222 valence electrons. The quantitative estimate of drug-likeness (QED) is 0.197. The lowest BCUT2D eigenvalue weighted by Gasteiger charge is -2.34. The van der Waals surface area contributed by atoms with Crippen molar-refractivity contribution in [2.45, 2.75) is 51.2 Å². The van der Waals surface area contributed by atoms with E-state index < -0.39 is 6.04 Å². The molecule has 43 heavy (non-hydrogen) atoms. The molecule has 1 fully saturated rings. The van der Waals surface area contributed by atoms with Gasteiger partial charge in [-0.1, -0.05) is 43.3 Å². The monoisotopic (exact) mass is 580 g/mol. The SMILES string of the molecule is Cc1nc(N)ccc1CNC(=O)[C@H](NC(=O)N1CCC(n2c(=O)[nH]c3ccccc32)CC1)[C@@H](C)c1c[nH]c2ccccc12. The first-order valence-electron chi connectivity index (χ1n) is 14.6. The number of H-pyrrole nitrogens is 2. The van der Waals surface area contributed by atoms with Crippen molar-refractivity contribution in [3.05, 3.63) is 94.2 Å². The predicted molar refractivity (Wildman–Crippen MR) is 167 cm³/mol. The number of hydrogen-bond donors (Lipinski definition) is 5.